The molecule has 1 heterocycles. The Morgan fingerprint density at radius 2 is 2.28 bits per heavy atom. The molecule has 0 bridgehead atoms. The summed E-state index contributed by atoms with van der Waals surface area (Å²) in [6.45, 7) is 1.82. The average Bonchev–Trinajstić information content (AvgIpc) is 2.75. The highest BCUT2D eigenvalue weighted by atomic mass is 35.5. The number of hydrogen-bond acceptors (Lipinski definition) is 5. The molecule has 0 fully saturated rings. The molecule has 0 saturated heterocycles. The number of anilines is 1. The van der Waals surface area contributed by atoms with E-state index < -0.39 is 5.97 Å². The Morgan fingerprint density at radius 3 is 2.89 bits per heavy atom. The summed E-state index contributed by atoms with van der Waals surface area (Å²) in [6.07, 6.45) is 0. The molecule has 1 aromatic heterocycles. The zero-order valence-corrected chi connectivity index (χ0v) is 10.4. The molecule has 0 amide bonds. The summed E-state index contributed by atoms with van der Waals surface area (Å²) >= 11 is 5.76. The second-order valence-corrected chi connectivity index (χ2v) is 4.15. The quantitative estimate of drug-likeness (QED) is 0.682. The van der Waals surface area contributed by atoms with Gasteiger partial charge in [0.15, 0.2) is 0 Å². The van der Waals surface area contributed by atoms with Gasteiger partial charge >= 0.3 is 5.97 Å². The van der Waals surface area contributed by atoms with Crippen LogP contribution in [-0.2, 0) is 11.3 Å². The number of nitrogens with zero attached hydrogens (tertiary/aromatic N) is 1. The number of aromatic nitrogens is 1. The molecule has 0 spiro atoms. The van der Waals surface area contributed by atoms with E-state index in [1.54, 1.807) is 25.1 Å². The maximum absolute atomic E-state index is 11.7. The molecule has 5 nitrogen and oxygen atoms in total. The van der Waals surface area contributed by atoms with Gasteiger partial charge in [-0.15, -0.1) is 0 Å². The van der Waals surface area contributed by atoms with Gasteiger partial charge in [-0.25, -0.2) is 4.79 Å². The molecule has 0 unspecified atom stereocenters. The highest BCUT2D eigenvalue weighted by molar-refractivity contribution is 6.33. The predicted molar refractivity (Wildman–Crippen MR) is 66.2 cm³/mol. The third-order valence-electron chi connectivity index (χ3n) is 2.26. The second-order valence-electron chi connectivity index (χ2n) is 3.74. The Morgan fingerprint density at radius 1 is 1.50 bits per heavy atom. The van der Waals surface area contributed by atoms with Crippen molar-refractivity contribution < 1.29 is 14.1 Å². The number of carbonyl (C=O) groups is 1. The summed E-state index contributed by atoms with van der Waals surface area (Å²) in [5.41, 5.74) is 6.84. The van der Waals surface area contributed by atoms with Crippen molar-refractivity contribution >= 4 is 23.3 Å². The fourth-order valence-electron chi connectivity index (χ4n) is 1.38. The SMILES string of the molecule is Cc1cc(COC(=O)c2ccc(Cl)c(N)c2)no1. The van der Waals surface area contributed by atoms with Crippen molar-refractivity contribution in [2.75, 3.05) is 5.73 Å². The van der Waals surface area contributed by atoms with Crippen LogP contribution in [0.25, 0.3) is 0 Å². The molecule has 0 saturated carbocycles. The smallest absolute Gasteiger partial charge is 0.338 e. The van der Waals surface area contributed by atoms with Crippen molar-refractivity contribution in [2.24, 2.45) is 0 Å². The van der Waals surface area contributed by atoms with E-state index in [1.165, 1.54) is 6.07 Å². The van der Waals surface area contributed by atoms with E-state index in [0.29, 0.717) is 27.7 Å². The first kappa shape index (κ1) is 12.4. The maximum atomic E-state index is 11.7. The van der Waals surface area contributed by atoms with Gasteiger partial charge in [-0.05, 0) is 25.1 Å². The number of rotatable bonds is 3. The van der Waals surface area contributed by atoms with Gasteiger partial charge in [0.2, 0.25) is 0 Å². The van der Waals surface area contributed by atoms with E-state index in [-0.39, 0.29) is 6.61 Å². The number of nitrogen functional groups attached to an aromatic ring is 1. The first-order chi connectivity index (χ1) is 8.56. The Labute approximate surface area is 108 Å². The molecule has 18 heavy (non-hydrogen) atoms. The molecule has 0 aliphatic carbocycles. The van der Waals surface area contributed by atoms with Crippen molar-refractivity contribution in [1.29, 1.82) is 0 Å². The summed E-state index contributed by atoms with van der Waals surface area (Å²) in [4.78, 5) is 11.7. The molecule has 0 aliphatic heterocycles. The Balaban J connectivity index is 2.01. The summed E-state index contributed by atoms with van der Waals surface area (Å²) in [6, 6.07) is 6.27. The summed E-state index contributed by atoms with van der Waals surface area (Å²) in [7, 11) is 0. The molecule has 2 aromatic rings. The van der Waals surface area contributed by atoms with Crippen molar-refractivity contribution in [1.82, 2.24) is 5.16 Å². The van der Waals surface area contributed by atoms with Crippen LogP contribution >= 0.6 is 11.6 Å². The van der Waals surface area contributed by atoms with E-state index in [9.17, 15) is 4.79 Å². The number of nitrogens with two attached hydrogens (primary N) is 1. The maximum Gasteiger partial charge on any atom is 0.338 e. The van der Waals surface area contributed by atoms with E-state index in [1.807, 2.05) is 0 Å². The first-order valence-electron chi connectivity index (χ1n) is 5.20. The van der Waals surface area contributed by atoms with Gasteiger partial charge in [0.25, 0.3) is 0 Å². The lowest BCUT2D eigenvalue weighted by molar-refractivity contribution is 0.0464. The number of benzene rings is 1. The topological polar surface area (TPSA) is 78.4 Å². The van der Waals surface area contributed by atoms with Crippen LogP contribution in [0.2, 0.25) is 5.02 Å². The molecule has 0 radical (unpaired) electrons. The van der Waals surface area contributed by atoms with E-state index in [0.717, 1.165) is 0 Å². The van der Waals surface area contributed by atoms with Crippen molar-refractivity contribution in [3.05, 3.63) is 46.3 Å². The molecule has 1 aromatic carbocycles. The van der Waals surface area contributed by atoms with Crippen LogP contribution in [0, 0.1) is 6.92 Å². The lowest BCUT2D eigenvalue weighted by Crippen LogP contribution is -2.06. The molecule has 94 valence electrons. The first-order valence-corrected chi connectivity index (χ1v) is 5.58. The standard InChI is InChI=1S/C12H11ClN2O3/c1-7-4-9(15-18-7)6-17-12(16)8-2-3-10(13)11(14)5-8/h2-5H,6,14H2,1H3. The minimum Gasteiger partial charge on any atom is -0.455 e. The van der Waals surface area contributed by atoms with Crippen molar-refractivity contribution in [3.63, 3.8) is 0 Å². The highest BCUT2D eigenvalue weighted by Crippen LogP contribution is 2.20. The van der Waals surface area contributed by atoms with Gasteiger partial charge in [-0.2, -0.15) is 0 Å². The van der Waals surface area contributed by atoms with Crippen molar-refractivity contribution in [3.8, 4) is 0 Å². The van der Waals surface area contributed by atoms with Gasteiger partial charge in [0.05, 0.1) is 16.3 Å². The van der Waals surface area contributed by atoms with Crippen LogP contribution in [0.5, 0.6) is 0 Å². The minimum atomic E-state index is -0.487. The Hall–Kier alpha value is -2.01. The van der Waals surface area contributed by atoms with E-state index >= 15 is 0 Å². The summed E-state index contributed by atoms with van der Waals surface area (Å²) in [5.74, 6) is 0.177. The zero-order valence-electron chi connectivity index (χ0n) is 9.64. The fourth-order valence-corrected chi connectivity index (χ4v) is 1.50. The number of hydrogen-bond donors (Lipinski definition) is 1. The van der Waals surface area contributed by atoms with Gasteiger partial charge in [-0.3, -0.25) is 0 Å². The Bertz CT molecular complexity index is 580. The molecule has 0 atom stereocenters. The number of halogens is 1. The van der Waals surface area contributed by atoms with Crippen LogP contribution in [-0.4, -0.2) is 11.1 Å². The van der Waals surface area contributed by atoms with Gasteiger partial charge < -0.3 is 15.0 Å². The van der Waals surface area contributed by atoms with Crippen LogP contribution < -0.4 is 5.73 Å². The predicted octanol–water partition coefficient (Wildman–Crippen LogP) is 2.58. The molecule has 6 heteroatoms. The van der Waals surface area contributed by atoms with Crippen molar-refractivity contribution in [2.45, 2.75) is 13.5 Å². The molecule has 2 N–H and O–H groups in total. The molecular formula is C12H11ClN2O3. The van der Waals surface area contributed by atoms with Crippen LogP contribution in [0.3, 0.4) is 0 Å². The third kappa shape index (κ3) is 2.81. The zero-order chi connectivity index (χ0) is 13.1. The molecule has 0 aliphatic rings. The number of esters is 1. The second kappa shape index (κ2) is 5.10. The van der Waals surface area contributed by atoms with E-state index in [2.05, 4.69) is 5.16 Å². The van der Waals surface area contributed by atoms with Crippen LogP contribution in [0.15, 0.2) is 28.8 Å². The van der Waals surface area contributed by atoms with Crippen LogP contribution in [0.4, 0.5) is 5.69 Å². The van der Waals surface area contributed by atoms with Crippen LogP contribution in [0.1, 0.15) is 21.8 Å². The summed E-state index contributed by atoms with van der Waals surface area (Å²) in [5, 5.41) is 4.12. The highest BCUT2D eigenvalue weighted by Gasteiger charge is 2.10. The summed E-state index contributed by atoms with van der Waals surface area (Å²) < 4.78 is 9.92. The number of carbonyl (C=O) groups excluding carboxylic acids is 1. The molecular weight excluding hydrogens is 256 g/mol. The fraction of sp³-hybridized carbons (Fsp3) is 0.167. The van der Waals surface area contributed by atoms with Gasteiger partial charge in [0.1, 0.15) is 18.1 Å². The minimum absolute atomic E-state index is 0.0543. The van der Waals surface area contributed by atoms with E-state index in [4.69, 9.17) is 26.6 Å². The largest absolute Gasteiger partial charge is 0.455 e. The number of aryl methyl sites for hydroxylation is 1. The lowest BCUT2D eigenvalue weighted by atomic mass is 10.2. The molecule has 2 rings (SSSR count). The average molecular weight is 267 g/mol. The Kier molecular flexibility index (Phi) is 3.53. The van der Waals surface area contributed by atoms with Gasteiger partial charge in [0, 0.05) is 6.07 Å². The lowest BCUT2D eigenvalue weighted by Gasteiger charge is -2.04. The van der Waals surface area contributed by atoms with Gasteiger partial charge in [-0.1, -0.05) is 16.8 Å². The third-order valence-corrected chi connectivity index (χ3v) is 2.60. The monoisotopic (exact) mass is 266 g/mol. The number of ether oxygens (including phenoxy) is 1. The normalized spacial score (nSPS) is 10.3.